The average molecular weight is 193 g/mol. The zero-order valence-corrected chi connectivity index (χ0v) is 8.59. The van der Waals surface area contributed by atoms with Gasteiger partial charge in [0.1, 0.15) is 13.2 Å². The maximum atomic E-state index is 5.50. The van der Waals surface area contributed by atoms with E-state index in [9.17, 15) is 0 Å². The van der Waals surface area contributed by atoms with Gasteiger partial charge in [-0.3, -0.25) is 0 Å². The van der Waals surface area contributed by atoms with Crippen LogP contribution in [0.25, 0.3) is 0 Å². The predicted octanol–water partition coefficient (Wildman–Crippen LogP) is 2.20. The third-order valence-electron chi connectivity index (χ3n) is 2.26. The van der Waals surface area contributed by atoms with Gasteiger partial charge in [-0.25, -0.2) is 0 Å². The van der Waals surface area contributed by atoms with E-state index in [0.29, 0.717) is 13.2 Å². The van der Waals surface area contributed by atoms with E-state index in [2.05, 4.69) is 19.2 Å². The highest BCUT2D eigenvalue weighted by molar-refractivity contribution is 5.60. The van der Waals surface area contributed by atoms with Crippen LogP contribution in [0.3, 0.4) is 0 Å². The summed E-state index contributed by atoms with van der Waals surface area (Å²) in [4.78, 5) is 0. The number of benzene rings is 1. The van der Waals surface area contributed by atoms with Gasteiger partial charge in [0.25, 0.3) is 0 Å². The molecule has 0 saturated heterocycles. The van der Waals surface area contributed by atoms with Crippen molar-refractivity contribution in [3.8, 4) is 11.5 Å². The van der Waals surface area contributed by atoms with E-state index in [1.807, 2.05) is 12.1 Å². The Labute approximate surface area is 84.0 Å². The van der Waals surface area contributed by atoms with Crippen molar-refractivity contribution in [1.82, 2.24) is 0 Å². The molecule has 1 aliphatic rings. The Morgan fingerprint density at radius 1 is 1.21 bits per heavy atom. The van der Waals surface area contributed by atoms with Crippen LogP contribution in [0.15, 0.2) is 12.1 Å². The van der Waals surface area contributed by atoms with Crippen LogP contribution in [-0.2, 0) is 0 Å². The molecule has 0 unspecified atom stereocenters. The molecule has 3 nitrogen and oxygen atoms in total. The zero-order valence-electron chi connectivity index (χ0n) is 8.59. The van der Waals surface area contributed by atoms with Crippen LogP contribution in [0.5, 0.6) is 11.5 Å². The van der Waals surface area contributed by atoms with Gasteiger partial charge in [0.05, 0.1) is 0 Å². The minimum atomic E-state index is 0.641. The molecule has 1 aromatic carbocycles. The summed E-state index contributed by atoms with van der Waals surface area (Å²) in [5.74, 6) is 1.70. The minimum absolute atomic E-state index is 0.641. The van der Waals surface area contributed by atoms with Gasteiger partial charge in [0, 0.05) is 18.3 Å². The molecule has 0 saturated carbocycles. The van der Waals surface area contributed by atoms with Gasteiger partial charge in [0.15, 0.2) is 11.5 Å². The first-order chi connectivity index (χ1) is 6.81. The van der Waals surface area contributed by atoms with E-state index in [1.165, 1.54) is 5.56 Å². The second-order valence-electron chi connectivity index (χ2n) is 3.34. The van der Waals surface area contributed by atoms with Crippen LogP contribution in [-0.4, -0.2) is 19.8 Å². The van der Waals surface area contributed by atoms with E-state index in [-0.39, 0.29) is 0 Å². The molecule has 0 radical (unpaired) electrons. The summed E-state index contributed by atoms with van der Waals surface area (Å²) in [6, 6.07) is 4.03. The molecular weight excluding hydrogens is 178 g/mol. The fourth-order valence-corrected chi connectivity index (χ4v) is 1.57. The number of hydrogen-bond donors (Lipinski definition) is 1. The Balaban J connectivity index is 2.35. The third kappa shape index (κ3) is 1.62. The summed E-state index contributed by atoms with van der Waals surface area (Å²) in [5.41, 5.74) is 2.31. The first kappa shape index (κ1) is 9.19. The number of rotatable bonds is 2. The molecule has 1 N–H and O–H groups in total. The molecule has 0 fully saturated rings. The summed E-state index contributed by atoms with van der Waals surface area (Å²) in [6.45, 7) is 6.35. The number of anilines is 1. The fourth-order valence-electron chi connectivity index (χ4n) is 1.57. The number of nitrogens with one attached hydrogen (secondary N) is 1. The van der Waals surface area contributed by atoms with E-state index in [4.69, 9.17) is 9.47 Å². The second kappa shape index (κ2) is 3.78. The summed E-state index contributed by atoms with van der Waals surface area (Å²) in [7, 11) is 0. The quantitative estimate of drug-likeness (QED) is 0.781. The summed E-state index contributed by atoms with van der Waals surface area (Å²) in [6.07, 6.45) is 0. The van der Waals surface area contributed by atoms with Gasteiger partial charge in [-0.15, -0.1) is 0 Å². The van der Waals surface area contributed by atoms with Crippen molar-refractivity contribution >= 4 is 5.69 Å². The summed E-state index contributed by atoms with van der Waals surface area (Å²) in [5, 5.41) is 3.29. The maximum absolute atomic E-state index is 5.50. The van der Waals surface area contributed by atoms with Crippen LogP contribution >= 0.6 is 0 Å². The normalized spacial score (nSPS) is 13.9. The molecule has 0 bridgehead atoms. The van der Waals surface area contributed by atoms with Gasteiger partial charge in [-0.05, 0) is 25.5 Å². The predicted molar refractivity (Wildman–Crippen MR) is 56.3 cm³/mol. The van der Waals surface area contributed by atoms with E-state index >= 15 is 0 Å². The molecule has 0 amide bonds. The fraction of sp³-hybridized carbons (Fsp3) is 0.455. The monoisotopic (exact) mass is 193 g/mol. The van der Waals surface area contributed by atoms with Gasteiger partial charge >= 0.3 is 0 Å². The Kier molecular flexibility index (Phi) is 2.48. The molecule has 1 heterocycles. The van der Waals surface area contributed by atoms with Crippen LogP contribution in [0.1, 0.15) is 12.5 Å². The lowest BCUT2D eigenvalue weighted by molar-refractivity contribution is 0.171. The van der Waals surface area contributed by atoms with Crippen molar-refractivity contribution in [1.29, 1.82) is 0 Å². The first-order valence-electron chi connectivity index (χ1n) is 4.95. The van der Waals surface area contributed by atoms with Crippen LogP contribution < -0.4 is 14.8 Å². The van der Waals surface area contributed by atoms with Gasteiger partial charge < -0.3 is 14.8 Å². The van der Waals surface area contributed by atoms with Crippen molar-refractivity contribution in [2.45, 2.75) is 13.8 Å². The first-order valence-corrected chi connectivity index (χ1v) is 4.95. The van der Waals surface area contributed by atoms with Crippen LogP contribution in [0, 0.1) is 6.92 Å². The van der Waals surface area contributed by atoms with Crippen molar-refractivity contribution in [2.24, 2.45) is 0 Å². The molecular formula is C11H15NO2. The second-order valence-corrected chi connectivity index (χ2v) is 3.34. The van der Waals surface area contributed by atoms with Crippen molar-refractivity contribution in [3.05, 3.63) is 17.7 Å². The molecule has 0 spiro atoms. The van der Waals surface area contributed by atoms with Crippen molar-refractivity contribution < 1.29 is 9.47 Å². The Morgan fingerprint density at radius 3 is 2.50 bits per heavy atom. The molecule has 14 heavy (non-hydrogen) atoms. The smallest absolute Gasteiger partial charge is 0.163 e. The number of ether oxygens (including phenoxy) is 2. The van der Waals surface area contributed by atoms with Crippen LogP contribution in [0.4, 0.5) is 5.69 Å². The van der Waals surface area contributed by atoms with Crippen LogP contribution in [0.2, 0.25) is 0 Å². The van der Waals surface area contributed by atoms with Gasteiger partial charge in [-0.1, -0.05) is 0 Å². The van der Waals surface area contributed by atoms with E-state index in [0.717, 1.165) is 23.7 Å². The van der Waals surface area contributed by atoms with E-state index in [1.54, 1.807) is 0 Å². The van der Waals surface area contributed by atoms with Gasteiger partial charge in [-0.2, -0.15) is 0 Å². The van der Waals surface area contributed by atoms with E-state index < -0.39 is 0 Å². The Morgan fingerprint density at radius 2 is 1.86 bits per heavy atom. The highest BCUT2D eigenvalue weighted by Gasteiger charge is 2.13. The summed E-state index contributed by atoms with van der Waals surface area (Å²) >= 11 is 0. The highest BCUT2D eigenvalue weighted by atomic mass is 16.6. The molecule has 1 aromatic rings. The zero-order chi connectivity index (χ0) is 9.97. The third-order valence-corrected chi connectivity index (χ3v) is 2.26. The molecule has 0 atom stereocenters. The largest absolute Gasteiger partial charge is 0.486 e. The molecule has 0 aliphatic carbocycles. The molecule has 0 aromatic heterocycles. The average Bonchev–Trinajstić information content (AvgIpc) is 2.19. The lowest BCUT2D eigenvalue weighted by Crippen LogP contribution is -2.15. The molecule has 2 rings (SSSR count). The van der Waals surface area contributed by atoms with Crippen molar-refractivity contribution in [3.63, 3.8) is 0 Å². The number of hydrogen-bond acceptors (Lipinski definition) is 3. The summed E-state index contributed by atoms with van der Waals surface area (Å²) < 4.78 is 11.0. The molecule has 3 heteroatoms. The highest BCUT2D eigenvalue weighted by Crippen LogP contribution is 2.35. The number of fused-ring (bicyclic) bond motifs is 1. The van der Waals surface area contributed by atoms with Gasteiger partial charge in [0.2, 0.25) is 0 Å². The lowest BCUT2D eigenvalue weighted by atomic mass is 10.1. The standard InChI is InChI=1S/C11H15NO2/c1-3-12-9-7-11-10(6-8(9)2)13-4-5-14-11/h6-7,12H,3-5H2,1-2H3. The topological polar surface area (TPSA) is 30.5 Å². The molecule has 1 aliphatic heterocycles. The lowest BCUT2D eigenvalue weighted by Gasteiger charge is -2.20. The minimum Gasteiger partial charge on any atom is -0.486 e. The maximum Gasteiger partial charge on any atom is 0.163 e. The molecule has 76 valence electrons. The SMILES string of the molecule is CCNc1cc2c(cc1C)OCCO2. The van der Waals surface area contributed by atoms with Crippen molar-refractivity contribution in [2.75, 3.05) is 25.1 Å². The Hall–Kier alpha value is -1.38. The Bertz CT molecular complexity index is 336. The number of aryl methyl sites for hydroxylation is 1.